The van der Waals surface area contributed by atoms with Gasteiger partial charge in [0, 0.05) is 0 Å². The molecule has 11 heteroatoms. The van der Waals surface area contributed by atoms with E-state index in [2.05, 4.69) is 16.6 Å². The zero-order chi connectivity index (χ0) is 18.4. The summed E-state index contributed by atoms with van der Waals surface area (Å²) >= 11 is 0. The highest BCUT2D eigenvalue weighted by atomic mass is 19.4. The zero-order valence-corrected chi connectivity index (χ0v) is 12.7. The van der Waals surface area contributed by atoms with Crippen molar-refractivity contribution in [1.29, 1.82) is 0 Å². The van der Waals surface area contributed by atoms with Gasteiger partial charge in [0.25, 0.3) is 0 Å². The van der Waals surface area contributed by atoms with Crippen LogP contribution in [0.2, 0.25) is 0 Å². The van der Waals surface area contributed by atoms with Crippen LogP contribution in [0.4, 0.5) is 18.0 Å². The Labute approximate surface area is 139 Å². The maximum atomic E-state index is 12.2. The number of ether oxygens (including phenoxy) is 4. The number of hydrogen-bond donors (Lipinski definition) is 1. The summed E-state index contributed by atoms with van der Waals surface area (Å²) < 4.78 is 56.7. The monoisotopic (exact) mass is 365 g/mol. The molecule has 5 unspecified atom stereocenters. The topological polar surface area (TPSA) is 100 Å². The molecule has 3 aliphatic rings. The van der Waals surface area contributed by atoms with E-state index in [0.717, 1.165) is 0 Å². The Morgan fingerprint density at radius 2 is 2.04 bits per heavy atom. The third kappa shape index (κ3) is 3.28. The van der Waals surface area contributed by atoms with Crippen molar-refractivity contribution in [1.82, 2.24) is 5.32 Å². The van der Waals surface area contributed by atoms with E-state index in [4.69, 9.17) is 14.2 Å². The molecule has 0 aromatic carbocycles. The molecule has 138 valence electrons. The van der Waals surface area contributed by atoms with Gasteiger partial charge in [-0.15, -0.1) is 0 Å². The molecule has 0 aliphatic carbocycles. The average Bonchev–Trinajstić information content (AvgIpc) is 3.14. The lowest BCUT2D eigenvalue weighted by atomic mass is 9.88. The van der Waals surface area contributed by atoms with Crippen LogP contribution in [0.5, 0.6) is 0 Å². The molecule has 0 radical (unpaired) electrons. The molecule has 3 saturated heterocycles. The molecule has 0 aromatic heterocycles. The van der Waals surface area contributed by atoms with Gasteiger partial charge in [0.15, 0.2) is 12.2 Å². The van der Waals surface area contributed by atoms with Gasteiger partial charge in [0.05, 0.1) is 18.6 Å². The van der Waals surface area contributed by atoms with E-state index in [9.17, 15) is 27.6 Å². The summed E-state index contributed by atoms with van der Waals surface area (Å²) in [4.78, 5) is 34.3. The predicted molar refractivity (Wildman–Crippen MR) is 71.1 cm³/mol. The van der Waals surface area contributed by atoms with Crippen LogP contribution in [-0.4, -0.2) is 61.8 Å². The van der Waals surface area contributed by atoms with Crippen molar-refractivity contribution in [3.8, 4) is 0 Å². The Hall–Kier alpha value is -2.30. The highest BCUT2D eigenvalue weighted by molar-refractivity contribution is 5.89. The molecule has 1 amide bonds. The molecule has 3 heterocycles. The molecular formula is C14H14F3NO7. The summed E-state index contributed by atoms with van der Waals surface area (Å²) in [5, 5.41) is 2.23. The van der Waals surface area contributed by atoms with E-state index in [0.29, 0.717) is 6.42 Å². The number of amides is 1. The van der Waals surface area contributed by atoms with Crippen LogP contribution >= 0.6 is 0 Å². The minimum Gasteiger partial charge on any atom is -0.460 e. The van der Waals surface area contributed by atoms with Gasteiger partial charge in [0.2, 0.25) is 0 Å². The van der Waals surface area contributed by atoms with E-state index in [1.807, 2.05) is 0 Å². The summed E-state index contributed by atoms with van der Waals surface area (Å²) in [5.41, 5.74) is -1.63. The molecular weight excluding hydrogens is 351 g/mol. The first-order valence-corrected chi connectivity index (χ1v) is 7.42. The average molecular weight is 365 g/mol. The second-order valence-corrected chi connectivity index (χ2v) is 5.79. The highest BCUT2D eigenvalue weighted by Gasteiger charge is 2.65. The van der Waals surface area contributed by atoms with Crippen molar-refractivity contribution in [2.45, 2.75) is 37.0 Å². The molecule has 1 N–H and O–H groups in total. The first kappa shape index (κ1) is 17.5. The van der Waals surface area contributed by atoms with Gasteiger partial charge in [-0.05, 0) is 6.42 Å². The zero-order valence-electron chi connectivity index (χ0n) is 12.7. The molecule has 0 spiro atoms. The van der Waals surface area contributed by atoms with Gasteiger partial charge < -0.3 is 24.3 Å². The molecule has 3 fully saturated rings. The van der Waals surface area contributed by atoms with Gasteiger partial charge in [-0.1, -0.05) is 6.58 Å². The fourth-order valence-corrected chi connectivity index (χ4v) is 3.05. The number of halogens is 3. The first-order chi connectivity index (χ1) is 11.7. The molecule has 0 saturated carbocycles. The molecule has 25 heavy (non-hydrogen) atoms. The molecule has 5 atom stereocenters. The van der Waals surface area contributed by atoms with Crippen LogP contribution in [0, 0.1) is 5.92 Å². The number of esters is 2. The smallest absolute Gasteiger partial charge is 0.422 e. The number of carbonyl (C=O) groups excluding carboxylic acids is 3. The SMILES string of the molecule is C=C(C(=O)OCCNC(=O)OC1C2CC3C(=O)OC1C3O2)C(F)(F)F. The molecule has 3 aliphatic heterocycles. The maximum absolute atomic E-state index is 12.2. The first-order valence-electron chi connectivity index (χ1n) is 7.42. The molecule has 0 aromatic rings. The van der Waals surface area contributed by atoms with Gasteiger partial charge >= 0.3 is 24.2 Å². The van der Waals surface area contributed by atoms with Crippen molar-refractivity contribution < 1.29 is 46.5 Å². The van der Waals surface area contributed by atoms with Crippen LogP contribution in [0.25, 0.3) is 0 Å². The van der Waals surface area contributed by atoms with E-state index >= 15 is 0 Å². The predicted octanol–water partition coefficient (Wildman–Crippen LogP) is 0.456. The lowest BCUT2D eigenvalue weighted by Crippen LogP contribution is -2.42. The maximum Gasteiger partial charge on any atom is 0.422 e. The fourth-order valence-electron chi connectivity index (χ4n) is 3.05. The van der Waals surface area contributed by atoms with Crippen molar-refractivity contribution in [3.63, 3.8) is 0 Å². The standard InChI is InChI=1S/C14H14F3NO7/c1-5(14(15,16)17)11(19)22-3-2-18-13(21)25-9-7-4-6-8(23-7)10(9)24-12(6)20/h6-10H,1-4H2,(H,18,21). The number of rotatable bonds is 5. The number of carbonyl (C=O) groups is 3. The Morgan fingerprint density at radius 3 is 2.72 bits per heavy atom. The van der Waals surface area contributed by atoms with Crippen LogP contribution in [0.15, 0.2) is 12.2 Å². The van der Waals surface area contributed by atoms with Gasteiger partial charge in [-0.2, -0.15) is 13.2 Å². The Balaban J connectivity index is 1.38. The number of alkyl halides is 3. The minimum absolute atomic E-state index is 0.259. The number of fused-ring (bicyclic) bond motifs is 1. The highest BCUT2D eigenvalue weighted by Crippen LogP contribution is 2.47. The fraction of sp³-hybridized carbons (Fsp3) is 0.643. The van der Waals surface area contributed by atoms with Crippen molar-refractivity contribution >= 4 is 18.0 Å². The quantitative estimate of drug-likeness (QED) is 0.327. The summed E-state index contributed by atoms with van der Waals surface area (Å²) in [6, 6.07) is 0. The number of hydrogen-bond acceptors (Lipinski definition) is 7. The van der Waals surface area contributed by atoms with E-state index in [-0.39, 0.29) is 18.4 Å². The van der Waals surface area contributed by atoms with Gasteiger partial charge in [0.1, 0.15) is 18.3 Å². The second kappa shape index (κ2) is 6.21. The van der Waals surface area contributed by atoms with E-state index in [1.54, 1.807) is 0 Å². The molecule has 2 bridgehead atoms. The summed E-state index contributed by atoms with van der Waals surface area (Å²) in [6.45, 7) is 1.84. The van der Waals surface area contributed by atoms with Crippen molar-refractivity contribution in [3.05, 3.63) is 12.2 Å². The van der Waals surface area contributed by atoms with Crippen molar-refractivity contribution in [2.24, 2.45) is 5.92 Å². The summed E-state index contributed by atoms with van der Waals surface area (Å²) in [5.74, 6) is -2.31. The third-order valence-corrected chi connectivity index (χ3v) is 4.22. The van der Waals surface area contributed by atoms with Crippen LogP contribution in [0.3, 0.4) is 0 Å². The molecule has 8 nitrogen and oxygen atoms in total. The number of nitrogens with one attached hydrogen (secondary N) is 1. The summed E-state index contributed by atoms with van der Waals surface area (Å²) in [7, 11) is 0. The van der Waals surface area contributed by atoms with Crippen LogP contribution in [-0.2, 0) is 28.5 Å². The van der Waals surface area contributed by atoms with Crippen molar-refractivity contribution in [2.75, 3.05) is 13.2 Å². The summed E-state index contributed by atoms with van der Waals surface area (Å²) in [6.07, 6.45) is -7.56. The minimum atomic E-state index is -4.87. The Kier molecular flexibility index (Phi) is 4.35. The van der Waals surface area contributed by atoms with E-state index < -0.39 is 54.8 Å². The second-order valence-electron chi connectivity index (χ2n) is 5.79. The van der Waals surface area contributed by atoms with Crippen LogP contribution < -0.4 is 5.32 Å². The van der Waals surface area contributed by atoms with Gasteiger partial charge in [-0.3, -0.25) is 4.79 Å². The van der Waals surface area contributed by atoms with E-state index in [1.165, 1.54) is 0 Å². The van der Waals surface area contributed by atoms with Crippen LogP contribution in [0.1, 0.15) is 6.42 Å². The molecule has 3 rings (SSSR count). The normalized spacial score (nSPS) is 32.3. The lowest BCUT2D eigenvalue weighted by molar-refractivity contribution is -0.150. The van der Waals surface area contributed by atoms with Gasteiger partial charge in [-0.25, -0.2) is 9.59 Å². The third-order valence-electron chi connectivity index (χ3n) is 4.22. The lowest BCUT2D eigenvalue weighted by Gasteiger charge is -2.22. The number of alkyl carbamates (subject to hydrolysis) is 1. The Morgan fingerprint density at radius 1 is 1.32 bits per heavy atom. The Bertz CT molecular complexity index is 620. The largest absolute Gasteiger partial charge is 0.460 e.